The number of hydrogen-bond donors (Lipinski definition) is 1. The van der Waals surface area contributed by atoms with Gasteiger partial charge in [0, 0.05) is 12.3 Å². The van der Waals surface area contributed by atoms with E-state index in [0.29, 0.717) is 12.6 Å². The standard InChI is InChI=1S/C19H25N2O10P/c1-10-6-11(8-32)17(23)28-7-12(18(24)31-10)21-16(22)14-15(13(26-2)4-5-20-14)29-9-30-19(25)27-3/h4-5,10-12H,6-9,32H2,1-3H3,(H,21,22)/t10-,11-,12-/m0/s1. The topological polar surface area (TPSA) is 149 Å². The molecule has 1 amide bonds. The third-order valence-electron chi connectivity index (χ3n) is 4.38. The Balaban J connectivity index is 2.20. The summed E-state index contributed by atoms with van der Waals surface area (Å²) in [5.74, 6) is -2.55. The molecule has 32 heavy (non-hydrogen) atoms. The number of aromatic nitrogens is 1. The Kier molecular flexibility index (Phi) is 9.45. The predicted molar refractivity (Wildman–Crippen MR) is 110 cm³/mol. The van der Waals surface area contributed by atoms with Crippen LogP contribution in [-0.2, 0) is 28.5 Å². The van der Waals surface area contributed by atoms with Crippen LogP contribution in [0.5, 0.6) is 11.5 Å². The van der Waals surface area contributed by atoms with E-state index in [-0.39, 0.29) is 17.2 Å². The lowest BCUT2D eigenvalue weighted by Gasteiger charge is -2.19. The summed E-state index contributed by atoms with van der Waals surface area (Å²) < 4.78 is 30.0. The van der Waals surface area contributed by atoms with Crippen molar-refractivity contribution in [1.82, 2.24) is 10.3 Å². The van der Waals surface area contributed by atoms with Gasteiger partial charge in [-0.15, -0.1) is 9.24 Å². The molecule has 0 radical (unpaired) electrons. The van der Waals surface area contributed by atoms with E-state index >= 15 is 0 Å². The maximum atomic E-state index is 12.9. The van der Waals surface area contributed by atoms with Crippen molar-refractivity contribution in [1.29, 1.82) is 0 Å². The monoisotopic (exact) mass is 472 g/mol. The number of nitrogens with zero attached hydrogens (tertiary/aromatic N) is 1. The zero-order chi connectivity index (χ0) is 23.7. The molecule has 0 spiro atoms. The van der Waals surface area contributed by atoms with Crippen LogP contribution in [0.4, 0.5) is 4.79 Å². The molecule has 2 rings (SSSR count). The van der Waals surface area contributed by atoms with Crippen molar-refractivity contribution >= 4 is 33.2 Å². The molecule has 1 saturated heterocycles. The number of rotatable bonds is 7. The second-order valence-electron chi connectivity index (χ2n) is 6.62. The molecular weight excluding hydrogens is 447 g/mol. The summed E-state index contributed by atoms with van der Waals surface area (Å²) >= 11 is 0. The predicted octanol–water partition coefficient (Wildman–Crippen LogP) is 0.678. The molecule has 1 aromatic rings. The first-order chi connectivity index (χ1) is 15.3. The maximum Gasteiger partial charge on any atom is 0.510 e. The van der Waals surface area contributed by atoms with Crippen LogP contribution in [-0.4, -0.2) is 74.9 Å². The van der Waals surface area contributed by atoms with Gasteiger partial charge in [0.2, 0.25) is 6.79 Å². The first-order valence-electron chi connectivity index (χ1n) is 9.55. The Morgan fingerprint density at radius 2 is 2.03 bits per heavy atom. The van der Waals surface area contributed by atoms with Crippen molar-refractivity contribution in [2.75, 3.05) is 33.8 Å². The van der Waals surface area contributed by atoms with E-state index in [4.69, 9.17) is 18.9 Å². The maximum absolute atomic E-state index is 12.9. The molecule has 0 aromatic carbocycles. The fourth-order valence-electron chi connectivity index (χ4n) is 2.78. The number of esters is 2. The van der Waals surface area contributed by atoms with Crippen molar-refractivity contribution in [3.63, 3.8) is 0 Å². The Hall–Kier alpha value is -3.14. The smallest absolute Gasteiger partial charge is 0.493 e. The number of pyridine rings is 1. The molecule has 0 bridgehead atoms. The normalized spacial score (nSPS) is 21.1. The van der Waals surface area contributed by atoms with Gasteiger partial charge in [-0.05, 0) is 19.5 Å². The lowest BCUT2D eigenvalue weighted by Crippen LogP contribution is -2.46. The van der Waals surface area contributed by atoms with Gasteiger partial charge in [-0.2, -0.15) is 0 Å². The van der Waals surface area contributed by atoms with Gasteiger partial charge in [-0.1, -0.05) is 0 Å². The van der Waals surface area contributed by atoms with Crippen LogP contribution >= 0.6 is 9.24 Å². The minimum Gasteiger partial charge on any atom is -0.493 e. The van der Waals surface area contributed by atoms with E-state index in [2.05, 4.69) is 29.0 Å². The fourth-order valence-corrected chi connectivity index (χ4v) is 3.17. The van der Waals surface area contributed by atoms with Gasteiger partial charge in [0.05, 0.1) is 26.2 Å². The number of ether oxygens (including phenoxy) is 6. The Labute approximate surface area is 186 Å². The number of carbonyl (C=O) groups is 4. The Morgan fingerprint density at radius 1 is 1.28 bits per heavy atom. The largest absolute Gasteiger partial charge is 0.510 e. The van der Waals surface area contributed by atoms with Crippen LogP contribution in [0.25, 0.3) is 0 Å². The zero-order valence-corrected chi connectivity index (χ0v) is 19.0. The van der Waals surface area contributed by atoms with E-state index in [1.807, 2.05) is 0 Å². The molecule has 13 heteroatoms. The molecule has 176 valence electrons. The molecular formula is C19H25N2O10P. The quantitative estimate of drug-likeness (QED) is 0.258. The Bertz CT molecular complexity index is 849. The second-order valence-corrected chi connectivity index (χ2v) is 7.09. The van der Waals surface area contributed by atoms with Crippen molar-refractivity contribution in [2.24, 2.45) is 5.92 Å². The van der Waals surface area contributed by atoms with Crippen molar-refractivity contribution in [3.05, 3.63) is 18.0 Å². The van der Waals surface area contributed by atoms with Crippen LogP contribution in [0.15, 0.2) is 12.3 Å². The molecule has 1 aromatic heterocycles. The average molecular weight is 472 g/mol. The van der Waals surface area contributed by atoms with Gasteiger partial charge in [-0.25, -0.2) is 14.6 Å². The van der Waals surface area contributed by atoms with Gasteiger partial charge in [0.1, 0.15) is 6.61 Å². The van der Waals surface area contributed by atoms with E-state index < -0.39 is 55.5 Å². The highest BCUT2D eigenvalue weighted by Gasteiger charge is 2.33. The van der Waals surface area contributed by atoms with E-state index in [9.17, 15) is 19.2 Å². The third kappa shape index (κ3) is 6.68. The number of hydrogen-bond acceptors (Lipinski definition) is 11. The summed E-state index contributed by atoms with van der Waals surface area (Å²) in [7, 11) is 4.92. The van der Waals surface area contributed by atoms with Gasteiger partial charge in [-0.3, -0.25) is 9.59 Å². The summed E-state index contributed by atoms with van der Waals surface area (Å²) in [5, 5.41) is 2.43. The lowest BCUT2D eigenvalue weighted by molar-refractivity contribution is -0.152. The molecule has 0 aliphatic carbocycles. The summed E-state index contributed by atoms with van der Waals surface area (Å²) in [6, 6.07) is 0.148. The molecule has 1 aliphatic heterocycles. The molecule has 1 aliphatic rings. The second kappa shape index (κ2) is 12.0. The van der Waals surface area contributed by atoms with Crippen LogP contribution in [0, 0.1) is 5.92 Å². The fraction of sp³-hybridized carbons (Fsp3) is 0.526. The summed E-state index contributed by atoms with van der Waals surface area (Å²) in [6.07, 6.45) is 0.480. The summed E-state index contributed by atoms with van der Waals surface area (Å²) in [6.45, 7) is 0.647. The van der Waals surface area contributed by atoms with Crippen LogP contribution in [0.2, 0.25) is 0 Å². The number of carbonyl (C=O) groups excluding carboxylic acids is 4. The molecule has 2 heterocycles. The van der Waals surface area contributed by atoms with Crippen LogP contribution in [0.1, 0.15) is 23.8 Å². The Morgan fingerprint density at radius 3 is 2.69 bits per heavy atom. The van der Waals surface area contributed by atoms with Gasteiger partial charge in [0.15, 0.2) is 23.2 Å². The highest BCUT2D eigenvalue weighted by molar-refractivity contribution is 7.16. The number of cyclic esters (lactones) is 2. The summed E-state index contributed by atoms with van der Waals surface area (Å²) in [5.41, 5.74) is -0.257. The molecule has 1 unspecified atom stereocenters. The highest BCUT2D eigenvalue weighted by Crippen LogP contribution is 2.29. The molecule has 0 saturated carbocycles. The van der Waals surface area contributed by atoms with E-state index in [1.165, 1.54) is 19.4 Å². The third-order valence-corrected chi connectivity index (χ3v) is 4.95. The van der Waals surface area contributed by atoms with E-state index in [0.717, 1.165) is 7.11 Å². The van der Waals surface area contributed by atoms with E-state index in [1.54, 1.807) is 6.92 Å². The number of amides is 1. The first-order valence-corrected chi connectivity index (χ1v) is 10.4. The van der Waals surface area contributed by atoms with Crippen molar-refractivity contribution in [2.45, 2.75) is 25.5 Å². The average Bonchev–Trinajstić information content (AvgIpc) is 2.83. The SMILES string of the molecule is COC(=O)OCOc1c(OC)ccnc1C(=O)N[C@H]1COC(=O)[C@H](CP)C[C@H](C)OC1=O. The molecule has 12 nitrogen and oxygen atoms in total. The first kappa shape index (κ1) is 25.1. The molecule has 1 fully saturated rings. The zero-order valence-electron chi connectivity index (χ0n) is 17.8. The minimum atomic E-state index is -1.27. The summed E-state index contributed by atoms with van der Waals surface area (Å²) in [4.78, 5) is 52.7. The molecule has 1 N–H and O–H groups in total. The van der Waals surface area contributed by atoms with Gasteiger partial charge >= 0.3 is 18.1 Å². The minimum absolute atomic E-state index is 0.124. The van der Waals surface area contributed by atoms with Gasteiger partial charge in [0.25, 0.3) is 5.91 Å². The van der Waals surface area contributed by atoms with Crippen LogP contribution in [0.3, 0.4) is 0 Å². The number of nitrogens with one attached hydrogen (secondary N) is 1. The van der Waals surface area contributed by atoms with Crippen molar-refractivity contribution in [3.8, 4) is 11.5 Å². The number of methoxy groups -OCH3 is 2. The van der Waals surface area contributed by atoms with Crippen molar-refractivity contribution < 1.29 is 47.6 Å². The van der Waals surface area contributed by atoms with Gasteiger partial charge < -0.3 is 33.7 Å². The highest BCUT2D eigenvalue weighted by atomic mass is 31.0. The molecule has 4 atom stereocenters. The lowest BCUT2D eigenvalue weighted by atomic mass is 10.0. The van der Waals surface area contributed by atoms with Crippen LogP contribution < -0.4 is 14.8 Å².